The quantitative estimate of drug-likeness (QED) is 0.437. The van der Waals surface area contributed by atoms with Gasteiger partial charge in [-0.1, -0.05) is 18.7 Å². The molecule has 7 nitrogen and oxygen atoms in total. The topological polar surface area (TPSA) is 74.8 Å². The second-order valence-electron chi connectivity index (χ2n) is 6.22. The molecule has 1 aromatic carbocycles. The number of methoxy groups -OCH3 is 1. The van der Waals surface area contributed by atoms with Gasteiger partial charge in [-0.15, -0.1) is 5.10 Å². The van der Waals surface area contributed by atoms with E-state index >= 15 is 0 Å². The SMILES string of the molecule is CCCn1c(C)cc(C(=O)CSc2nnnn2-c2ccc(OC)cc2)c1C. The number of hydrogen-bond donors (Lipinski definition) is 0. The van der Waals surface area contributed by atoms with Crippen molar-refractivity contribution < 1.29 is 9.53 Å². The average molecular weight is 385 g/mol. The van der Waals surface area contributed by atoms with Crippen molar-refractivity contribution in [2.75, 3.05) is 12.9 Å². The Hall–Kier alpha value is -2.61. The molecule has 0 aliphatic heterocycles. The van der Waals surface area contributed by atoms with Crippen LogP contribution in [0.1, 0.15) is 35.1 Å². The minimum Gasteiger partial charge on any atom is -0.497 e. The van der Waals surface area contributed by atoms with E-state index in [9.17, 15) is 4.79 Å². The molecule has 2 aromatic heterocycles. The summed E-state index contributed by atoms with van der Waals surface area (Å²) in [6.07, 6.45) is 1.04. The first kappa shape index (κ1) is 19.2. The zero-order chi connectivity index (χ0) is 19.4. The third-order valence-electron chi connectivity index (χ3n) is 4.41. The van der Waals surface area contributed by atoms with Crippen molar-refractivity contribution in [2.24, 2.45) is 0 Å². The minimum atomic E-state index is 0.0831. The van der Waals surface area contributed by atoms with Crippen LogP contribution in [0.25, 0.3) is 5.69 Å². The normalized spacial score (nSPS) is 11.0. The van der Waals surface area contributed by atoms with Crippen molar-refractivity contribution in [3.63, 3.8) is 0 Å². The molecule has 3 aromatic rings. The molecule has 0 radical (unpaired) electrons. The molecule has 0 amide bonds. The van der Waals surface area contributed by atoms with E-state index in [1.807, 2.05) is 44.2 Å². The van der Waals surface area contributed by atoms with E-state index in [1.165, 1.54) is 11.8 Å². The van der Waals surface area contributed by atoms with Crippen LogP contribution in [-0.4, -0.2) is 43.4 Å². The van der Waals surface area contributed by atoms with E-state index in [4.69, 9.17) is 4.74 Å². The molecule has 0 fully saturated rings. The van der Waals surface area contributed by atoms with E-state index in [2.05, 4.69) is 27.0 Å². The monoisotopic (exact) mass is 385 g/mol. The molecule has 3 rings (SSSR count). The first-order chi connectivity index (χ1) is 13.0. The lowest BCUT2D eigenvalue weighted by molar-refractivity contribution is 0.102. The van der Waals surface area contributed by atoms with Gasteiger partial charge in [0.2, 0.25) is 5.16 Å². The number of hydrogen-bond acceptors (Lipinski definition) is 6. The van der Waals surface area contributed by atoms with Crippen LogP contribution in [0.4, 0.5) is 0 Å². The Kier molecular flexibility index (Phi) is 5.95. The third-order valence-corrected chi connectivity index (χ3v) is 5.33. The lowest BCUT2D eigenvalue weighted by atomic mass is 10.2. The highest BCUT2D eigenvalue weighted by molar-refractivity contribution is 7.99. The van der Waals surface area contributed by atoms with Gasteiger partial charge in [0.15, 0.2) is 5.78 Å². The number of carbonyl (C=O) groups is 1. The maximum absolute atomic E-state index is 12.7. The number of carbonyl (C=O) groups excluding carboxylic acids is 1. The highest BCUT2D eigenvalue weighted by Gasteiger charge is 2.17. The first-order valence-electron chi connectivity index (χ1n) is 8.80. The summed E-state index contributed by atoms with van der Waals surface area (Å²) in [5, 5.41) is 12.4. The lowest BCUT2D eigenvalue weighted by Crippen LogP contribution is -2.07. The standard InChI is InChI=1S/C19H23N5O2S/c1-5-10-23-13(2)11-17(14(23)3)18(25)12-27-19-20-21-22-24(19)15-6-8-16(26-4)9-7-15/h6-9,11H,5,10,12H2,1-4H3. The molecule has 0 saturated heterocycles. The third kappa shape index (κ3) is 4.05. The molecule has 0 aliphatic rings. The summed E-state index contributed by atoms with van der Waals surface area (Å²) in [6.45, 7) is 7.10. The van der Waals surface area contributed by atoms with Gasteiger partial charge >= 0.3 is 0 Å². The van der Waals surface area contributed by atoms with E-state index in [0.717, 1.165) is 41.4 Å². The van der Waals surface area contributed by atoms with Gasteiger partial charge in [-0.3, -0.25) is 4.79 Å². The van der Waals surface area contributed by atoms with Crippen LogP contribution in [0.2, 0.25) is 0 Å². The Morgan fingerprint density at radius 1 is 1.22 bits per heavy atom. The second-order valence-corrected chi connectivity index (χ2v) is 7.16. The number of thioether (sulfide) groups is 1. The molecule has 8 heteroatoms. The lowest BCUT2D eigenvalue weighted by Gasteiger charge is -2.08. The van der Waals surface area contributed by atoms with Crippen molar-refractivity contribution in [1.82, 2.24) is 24.8 Å². The molecule has 0 saturated carbocycles. The Morgan fingerprint density at radius 2 is 1.96 bits per heavy atom. The summed E-state index contributed by atoms with van der Waals surface area (Å²) in [5.74, 6) is 1.13. The molecule has 27 heavy (non-hydrogen) atoms. The van der Waals surface area contributed by atoms with Gasteiger partial charge in [0.1, 0.15) is 5.75 Å². The minimum absolute atomic E-state index is 0.0831. The Bertz CT molecular complexity index is 930. The molecule has 0 aliphatic carbocycles. The van der Waals surface area contributed by atoms with Crippen LogP contribution in [-0.2, 0) is 6.54 Å². The maximum Gasteiger partial charge on any atom is 0.214 e. The van der Waals surface area contributed by atoms with E-state index < -0.39 is 0 Å². The van der Waals surface area contributed by atoms with Gasteiger partial charge in [0.05, 0.1) is 18.6 Å². The predicted molar refractivity (Wildman–Crippen MR) is 105 cm³/mol. The van der Waals surface area contributed by atoms with Crippen molar-refractivity contribution in [1.29, 1.82) is 0 Å². The van der Waals surface area contributed by atoms with Gasteiger partial charge in [0, 0.05) is 23.5 Å². The number of benzene rings is 1. The average Bonchev–Trinajstić information content (AvgIpc) is 3.26. The summed E-state index contributed by atoms with van der Waals surface area (Å²) in [7, 11) is 1.62. The van der Waals surface area contributed by atoms with Crippen molar-refractivity contribution in [3.05, 3.63) is 47.3 Å². The number of ether oxygens (including phenoxy) is 1. The summed E-state index contributed by atoms with van der Waals surface area (Å²) >= 11 is 1.34. The molecule has 0 N–H and O–H groups in total. The molecule has 0 bridgehead atoms. The fourth-order valence-electron chi connectivity index (χ4n) is 3.01. The number of tetrazole rings is 1. The molecule has 142 valence electrons. The van der Waals surface area contributed by atoms with Gasteiger partial charge < -0.3 is 9.30 Å². The molecular weight excluding hydrogens is 362 g/mol. The first-order valence-corrected chi connectivity index (χ1v) is 9.79. The number of rotatable bonds is 8. The summed E-state index contributed by atoms with van der Waals surface area (Å²) in [5.41, 5.74) is 3.73. The predicted octanol–water partition coefficient (Wildman–Crippen LogP) is 3.47. The molecular formula is C19H23N5O2S. The highest BCUT2D eigenvalue weighted by Crippen LogP contribution is 2.23. The van der Waals surface area contributed by atoms with Crippen molar-refractivity contribution in [3.8, 4) is 11.4 Å². The van der Waals surface area contributed by atoms with Gasteiger partial charge in [-0.2, -0.15) is 4.68 Å². The molecule has 0 spiro atoms. The molecule has 0 atom stereocenters. The summed E-state index contributed by atoms with van der Waals surface area (Å²) < 4.78 is 8.99. The highest BCUT2D eigenvalue weighted by atomic mass is 32.2. The second kappa shape index (κ2) is 8.39. The van der Waals surface area contributed by atoms with Gasteiger partial charge in [0.25, 0.3) is 0 Å². The zero-order valence-electron chi connectivity index (χ0n) is 16.0. The number of ketones is 1. The number of aryl methyl sites for hydroxylation is 1. The molecule has 0 unspecified atom stereocenters. The zero-order valence-corrected chi connectivity index (χ0v) is 16.8. The van der Waals surface area contributed by atoms with Crippen LogP contribution in [0.5, 0.6) is 5.75 Å². The Balaban J connectivity index is 1.73. The van der Waals surface area contributed by atoms with Gasteiger partial charge in [-0.05, 0) is 61.0 Å². The van der Waals surface area contributed by atoms with Crippen LogP contribution >= 0.6 is 11.8 Å². The largest absolute Gasteiger partial charge is 0.497 e. The maximum atomic E-state index is 12.7. The van der Waals surface area contributed by atoms with E-state index in [1.54, 1.807) is 11.8 Å². The number of nitrogens with zero attached hydrogens (tertiary/aromatic N) is 5. The van der Waals surface area contributed by atoms with Crippen LogP contribution in [0.15, 0.2) is 35.5 Å². The van der Waals surface area contributed by atoms with Gasteiger partial charge in [-0.25, -0.2) is 0 Å². The Labute approximate surface area is 162 Å². The number of aromatic nitrogens is 5. The van der Waals surface area contributed by atoms with Crippen LogP contribution in [0.3, 0.4) is 0 Å². The van der Waals surface area contributed by atoms with E-state index in [0.29, 0.717) is 5.16 Å². The van der Waals surface area contributed by atoms with Crippen molar-refractivity contribution in [2.45, 2.75) is 38.9 Å². The Morgan fingerprint density at radius 3 is 2.63 bits per heavy atom. The summed E-state index contributed by atoms with van der Waals surface area (Å²) in [4.78, 5) is 12.7. The van der Waals surface area contributed by atoms with Crippen LogP contribution in [0, 0.1) is 13.8 Å². The smallest absolute Gasteiger partial charge is 0.214 e. The van der Waals surface area contributed by atoms with E-state index in [-0.39, 0.29) is 11.5 Å². The fraction of sp³-hybridized carbons (Fsp3) is 0.368. The van der Waals surface area contributed by atoms with Crippen LogP contribution < -0.4 is 4.74 Å². The van der Waals surface area contributed by atoms with Crippen molar-refractivity contribution >= 4 is 17.5 Å². The summed E-state index contributed by atoms with van der Waals surface area (Å²) in [6, 6.07) is 9.41. The number of Topliss-reactive ketones (excluding diaryl/α,β-unsaturated/α-hetero) is 1. The fourth-order valence-corrected chi connectivity index (χ4v) is 3.79. The molecule has 2 heterocycles.